The fraction of sp³-hybridized carbons (Fsp3) is 0.308. The molecule has 5 aromatic rings. The van der Waals surface area contributed by atoms with Gasteiger partial charge in [-0.05, 0) is 18.9 Å². The van der Waals surface area contributed by atoms with Crippen molar-refractivity contribution in [3.8, 4) is 34.4 Å². The van der Waals surface area contributed by atoms with Crippen molar-refractivity contribution < 1.29 is 23.0 Å². The molecule has 4 aromatic heterocycles. The zero-order chi connectivity index (χ0) is 28.3. The number of halogens is 3. The Bertz CT molecular complexity index is 1830. The Labute approximate surface area is 225 Å². The number of imidazole rings is 2. The van der Waals surface area contributed by atoms with Gasteiger partial charge < -0.3 is 19.0 Å². The number of nitrogens with zero attached hydrogens (tertiary/aromatic N) is 8. The van der Waals surface area contributed by atoms with Crippen LogP contribution >= 0.6 is 0 Å². The Hall–Kier alpha value is -4.75. The van der Waals surface area contributed by atoms with Gasteiger partial charge in [0, 0.05) is 37.3 Å². The first kappa shape index (κ1) is 25.5. The van der Waals surface area contributed by atoms with Gasteiger partial charge in [-0.3, -0.25) is 9.98 Å². The summed E-state index contributed by atoms with van der Waals surface area (Å²) in [6, 6.07) is 4.54. The summed E-state index contributed by atoms with van der Waals surface area (Å²) in [7, 11) is 4.70. The lowest BCUT2D eigenvalue weighted by Gasteiger charge is -2.11. The van der Waals surface area contributed by atoms with Crippen molar-refractivity contribution in [2.45, 2.75) is 31.5 Å². The van der Waals surface area contributed by atoms with Crippen LogP contribution in [0.3, 0.4) is 0 Å². The number of alkyl halides is 3. The van der Waals surface area contributed by atoms with E-state index in [-0.39, 0.29) is 29.7 Å². The number of aromatic nitrogens is 8. The topological polar surface area (TPSA) is 133 Å². The number of rotatable bonds is 6. The molecule has 1 aliphatic carbocycles. The summed E-state index contributed by atoms with van der Waals surface area (Å²) in [4.78, 5) is 21.7. The molecule has 2 N–H and O–H groups in total. The highest BCUT2D eigenvalue weighted by molar-refractivity contribution is 5.76. The Balaban J connectivity index is 1.41. The van der Waals surface area contributed by atoms with E-state index in [1.54, 1.807) is 34.5 Å². The standard InChI is InChI=1S/C26H24F3N9O2/c1-36-11-18(26(27,28)29)34-22(36)14-6-7-15(17(39)8-14)10-38-23-16(37(2)25(38)30)9-31-21(35-23)19-20(13-4-5-13)32-12-33-24(19)40-3/h6-9,11-13,30,39H,4-5,10H2,1-3H3. The van der Waals surface area contributed by atoms with Crippen molar-refractivity contribution in [2.75, 3.05) is 7.11 Å². The number of benzene rings is 1. The van der Waals surface area contributed by atoms with Crippen molar-refractivity contribution in [1.82, 2.24) is 38.6 Å². The molecule has 1 saturated carbocycles. The number of hydrogen-bond acceptors (Lipinski definition) is 8. The molecular formula is C26H24F3N9O2. The number of methoxy groups -OCH3 is 1. The third-order valence-corrected chi connectivity index (χ3v) is 7.00. The SMILES string of the molecule is COc1ncnc(C2CC2)c1-c1ncc2c(n1)n(Cc1ccc(-c3nc(C(F)(F)F)cn3C)cc1O)c(=N)n2C. The lowest BCUT2D eigenvalue weighted by molar-refractivity contribution is -0.140. The number of aromatic hydroxyl groups is 1. The van der Waals surface area contributed by atoms with E-state index in [1.165, 1.54) is 31.1 Å². The molecule has 206 valence electrons. The summed E-state index contributed by atoms with van der Waals surface area (Å²) >= 11 is 0. The molecule has 0 bridgehead atoms. The molecule has 11 nitrogen and oxygen atoms in total. The number of ether oxygens (including phenoxy) is 1. The van der Waals surface area contributed by atoms with Gasteiger partial charge in [-0.2, -0.15) is 13.2 Å². The smallest absolute Gasteiger partial charge is 0.434 e. The molecule has 0 amide bonds. The normalized spacial score (nSPS) is 13.8. The molecule has 40 heavy (non-hydrogen) atoms. The average molecular weight is 552 g/mol. The monoisotopic (exact) mass is 551 g/mol. The van der Waals surface area contributed by atoms with Gasteiger partial charge in [0.15, 0.2) is 17.2 Å². The molecular weight excluding hydrogens is 527 g/mol. The third-order valence-electron chi connectivity index (χ3n) is 7.00. The quantitative estimate of drug-likeness (QED) is 0.328. The summed E-state index contributed by atoms with van der Waals surface area (Å²) in [5.41, 5.74) is 2.34. The zero-order valence-corrected chi connectivity index (χ0v) is 21.7. The molecule has 0 aliphatic heterocycles. The van der Waals surface area contributed by atoms with Crippen molar-refractivity contribution >= 4 is 11.2 Å². The molecule has 0 saturated heterocycles. The lowest BCUT2D eigenvalue weighted by atomic mass is 10.1. The molecule has 14 heteroatoms. The van der Waals surface area contributed by atoms with Gasteiger partial charge in [-0.1, -0.05) is 12.1 Å². The molecule has 0 spiro atoms. The van der Waals surface area contributed by atoms with E-state index in [2.05, 4.69) is 19.9 Å². The maximum Gasteiger partial charge on any atom is 0.434 e. The number of nitrogens with one attached hydrogen (secondary N) is 1. The Morgan fingerprint density at radius 1 is 1.12 bits per heavy atom. The minimum atomic E-state index is -4.58. The first-order chi connectivity index (χ1) is 19.1. The lowest BCUT2D eigenvalue weighted by Crippen LogP contribution is -2.23. The second kappa shape index (κ2) is 9.17. The Morgan fingerprint density at radius 2 is 1.90 bits per heavy atom. The van der Waals surface area contributed by atoms with E-state index in [0.717, 1.165) is 24.7 Å². The Kier molecular flexibility index (Phi) is 5.85. The summed E-state index contributed by atoms with van der Waals surface area (Å²) in [6.45, 7) is 0.0744. The first-order valence-corrected chi connectivity index (χ1v) is 12.4. The van der Waals surface area contributed by atoms with Crippen LogP contribution in [0.1, 0.15) is 35.7 Å². The second-order valence-corrected chi connectivity index (χ2v) is 9.69. The van der Waals surface area contributed by atoms with Crippen LogP contribution in [-0.2, 0) is 26.8 Å². The summed E-state index contributed by atoms with van der Waals surface area (Å²) in [5.74, 6) is 0.918. The predicted molar refractivity (Wildman–Crippen MR) is 136 cm³/mol. The molecule has 1 aliphatic rings. The third kappa shape index (κ3) is 4.25. The fourth-order valence-corrected chi connectivity index (χ4v) is 4.76. The Morgan fingerprint density at radius 3 is 2.55 bits per heavy atom. The van der Waals surface area contributed by atoms with Crippen LogP contribution in [0.5, 0.6) is 11.6 Å². The number of hydrogen-bond donors (Lipinski definition) is 2. The van der Waals surface area contributed by atoms with Crippen LogP contribution in [0.25, 0.3) is 33.9 Å². The molecule has 0 atom stereocenters. The maximum atomic E-state index is 13.1. The first-order valence-electron chi connectivity index (χ1n) is 12.4. The number of phenolic OH excluding ortho intramolecular Hbond substituents is 1. The molecule has 0 unspecified atom stereocenters. The van der Waals surface area contributed by atoms with Crippen LogP contribution in [0.4, 0.5) is 13.2 Å². The minimum Gasteiger partial charge on any atom is -0.508 e. The van der Waals surface area contributed by atoms with Crippen molar-refractivity contribution in [3.63, 3.8) is 0 Å². The van der Waals surface area contributed by atoms with E-state index in [1.807, 2.05) is 0 Å². The van der Waals surface area contributed by atoms with Gasteiger partial charge in [0.1, 0.15) is 29.0 Å². The van der Waals surface area contributed by atoms with Gasteiger partial charge in [0.05, 0.1) is 25.5 Å². The van der Waals surface area contributed by atoms with E-state index in [9.17, 15) is 18.3 Å². The van der Waals surface area contributed by atoms with Gasteiger partial charge >= 0.3 is 6.18 Å². The zero-order valence-electron chi connectivity index (χ0n) is 21.7. The van der Waals surface area contributed by atoms with E-state index in [0.29, 0.717) is 39.6 Å². The maximum absolute atomic E-state index is 13.1. The van der Waals surface area contributed by atoms with Crippen LogP contribution in [0, 0.1) is 5.41 Å². The van der Waals surface area contributed by atoms with Gasteiger partial charge in [-0.15, -0.1) is 0 Å². The molecule has 4 heterocycles. The molecule has 0 radical (unpaired) electrons. The highest BCUT2D eigenvalue weighted by atomic mass is 19.4. The minimum absolute atomic E-state index is 0.0658. The van der Waals surface area contributed by atoms with Gasteiger partial charge in [0.25, 0.3) is 0 Å². The van der Waals surface area contributed by atoms with E-state index in [4.69, 9.17) is 15.1 Å². The average Bonchev–Trinajstić information content (AvgIpc) is 3.66. The van der Waals surface area contributed by atoms with E-state index >= 15 is 0 Å². The number of phenols is 1. The predicted octanol–water partition coefficient (Wildman–Crippen LogP) is 3.77. The summed E-state index contributed by atoms with van der Waals surface area (Å²) in [5, 5.41) is 19.5. The highest BCUT2D eigenvalue weighted by Gasteiger charge is 2.35. The fourth-order valence-electron chi connectivity index (χ4n) is 4.76. The van der Waals surface area contributed by atoms with Crippen LogP contribution in [0.2, 0.25) is 0 Å². The molecule has 6 rings (SSSR count). The second-order valence-electron chi connectivity index (χ2n) is 9.69. The molecule has 1 aromatic carbocycles. The summed E-state index contributed by atoms with van der Waals surface area (Å²) in [6.07, 6.45) is 1.41. The van der Waals surface area contributed by atoms with Crippen molar-refractivity contribution in [2.24, 2.45) is 14.1 Å². The van der Waals surface area contributed by atoms with Crippen molar-refractivity contribution in [3.05, 3.63) is 59.5 Å². The molecule has 1 fully saturated rings. The van der Waals surface area contributed by atoms with E-state index < -0.39 is 11.9 Å². The van der Waals surface area contributed by atoms with Gasteiger partial charge in [0.2, 0.25) is 11.5 Å². The van der Waals surface area contributed by atoms with Gasteiger partial charge in [-0.25, -0.2) is 24.9 Å². The summed E-state index contributed by atoms with van der Waals surface area (Å²) < 4.78 is 49.4. The van der Waals surface area contributed by atoms with Crippen LogP contribution < -0.4 is 10.4 Å². The van der Waals surface area contributed by atoms with Crippen molar-refractivity contribution in [1.29, 1.82) is 5.41 Å². The number of fused-ring (bicyclic) bond motifs is 1. The number of aryl methyl sites for hydroxylation is 2. The van der Waals surface area contributed by atoms with Crippen LogP contribution in [0.15, 0.2) is 36.9 Å². The largest absolute Gasteiger partial charge is 0.508 e. The van der Waals surface area contributed by atoms with Crippen LogP contribution in [-0.4, -0.2) is 50.8 Å². The highest BCUT2D eigenvalue weighted by Crippen LogP contribution is 2.45.